The van der Waals surface area contributed by atoms with Crippen molar-refractivity contribution in [2.75, 3.05) is 26.2 Å². The van der Waals surface area contributed by atoms with Gasteiger partial charge < -0.3 is 10.0 Å². The van der Waals surface area contributed by atoms with Crippen LogP contribution < -0.4 is 0 Å². The van der Waals surface area contributed by atoms with Crippen LogP contribution in [0.1, 0.15) is 46.5 Å². The van der Waals surface area contributed by atoms with E-state index in [1.807, 2.05) is 6.92 Å². The quantitative estimate of drug-likeness (QED) is 0.854. The van der Waals surface area contributed by atoms with Crippen LogP contribution >= 0.6 is 0 Å². The summed E-state index contributed by atoms with van der Waals surface area (Å²) in [6.45, 7) is 9.69. The highest BCUT2D eigenvalue weighted by atomic mass is 16.3. The molecule has 2 aliphatic heterocycles. The molecule has 2 saturated heterocycles. The fraction of sp³-hybridized carbons (Fsp3) is 0.938. The third kappa shape index (κ3) is 4.19. The monoisotopic (exact) mass is 282 g/mol. The number of amides is 1. The van der Waals surface area contributed by atoms with Crippen molar-refractivity contribution in [2.45, 2.75) is 58.6 Å². The Kier molecular flexibility index (Phi) is 5.44. The Labute approximate surface area is 123 Å². The zero-order chi connectivity index (χ0) is 14.7. The van der Waals surface area contributed by atoms with E-state index >= 15 is 0 Å². The molecular formula is C16H30N2O2. The molecule has 2 fully saturated rings. The summed E-state index contributed by atoms with van der Waals surface area (Å²) in [6.07, 6.45) is 4.02. The summed E-state index contributed by atoms with van der Waals surface area (Å²) in [5.74, 6) is 1.52. The molecule has 0 aromatic rings. The van der Waals surface area contributed by atoms with Gasteiger partial charge in [-0.15, -0.1) is 0 Å². The van der Waals surface area contributed by atoms with Crippen molar-refractivity contribution in [3.05, 3.63) is 0 Å². The molecule has 0 bridgehead atoms. The van der Waals surface area contributed by atoms with Gasteiger partial charge in [0.05, 0.1) is 12.6 Å². The average molecular weight is 282 g/mol. The van der Waals surface area contributed by atoms with E-state index in [-0.39, 0.29) is 12.0 Å². The number of aliphatic hydroxyl groups excluding tert-OH is 1. The maximum atomic E-state index is 12.5. The minimum atomic E-state index is -0.272. The molecule has 1 N–H and O–H groups in total. The van der Waals surface area contributed by atoms with Crippen LogP contribution in [0, 0.1) is 11.8 Å². The summed E-state index contributed by atoms with van der Waals surface area (Å²) in [5, 5.41) is 9.56. The highest BCUT2D eigenvalue weighted by Crippen LogP contribution is 2.24. The molecule has 0 spiro atoms. The normalized spacial score (nSPS) is 33.4. The molecule has 2 rings (SSSR count). The summed E-state index contributed by atoms with van der Waals surface area (Å²) in [5.41, 5.74) is 0. The Morgan fingerprint density at radius 1 is 1.30 bits per heavy atom. The van der Waals surface area contributed by atoms with Crippen LogP contribution in [0.5, 0.6) is 0 Å². The molecule has 0 aromatic heterocycles. The van der Waals surface area contributed by atoms with Gasteiger partial charge in [-0.3, -0.25) is 9.69 Å². The lowest BCUT2D eigenvalue weighted by Crippen LogP contribution is -2.48. The first kappa shape index (κ1) is 15.8. The van der Waals surface area contributed by atoms with Crippen LogP contribution in [0.3, 0.4) is 0 Å². The summed E-state index contributed by atoms with van der Waals surface area (Å²) >= 11 is 0. The Hall–Kier alpha value is -0.610. The van der Waals surface area contributed by atoms with E-state index in [0.717, 1.165) is 38.9 Å². The van der Waals surface area contributed by atoms with Crippen molar-refractivity contribution >= 4 is 5.91 Å². The van der Waals surface area contributed by atoms with Gasteiger partial charge in [0.15, 0.2) is 0 Å². The predicted molar refractivity (Wildman–Crippen MR) is 80.4 cm³/mol. The van der Waals surface area contributed by atoms with E-state index in [9.17, 15) is 9.90 Å². The Morgan fingerprint density at radius 2 is 1.95 bits per heavy atom. The van der Waals surface area contributed by atoms with E-state index in [2.05, 4.69) is 23.6 Å². The maximum absolute atomic E-state index is 12.5. The Balaban J connectivity index is 1.87. The van der Waals surface area contributed by atoms with Crippen molar-refractivity contribution in [3.63, 3.8) is 0 Å². The number of piperidine rings is 1. The molecule has 4 unspecified atom stereocenters. The first-order valence-corrected chi connectivity index (χ1v) is 8.15. The Morgan fingerprint density at radius 3 is 2.55 bits per heavy atom. The van der Waals surface area contributed by atoms with Gasteiger partial charge in [0, 0.05) is 19.1 Å². The standard InChI is InChI=1S/C16H30N2O2/c1-12-7-13(2)10-18(9-12)16(20)11-17-6-4-5-15(17)8-14(3)19/h12-15,19H,4-11H2,1-3H3. The highest BCUT2D eigenvalue weighted by molar-refractivity contribution is 5.78. The molecule has 0 radical (unpaired) electrons. The molecular weight excluding hydrogens is 252 g/mol. The van der Waals surface area contributed by atoms with Crippen LogP contribution in [-0.4, -0.2) is 59.1 Å². The van der Waals surface area contributed by atoms with Gasteiger partial charge in [-0.2, -0.15) is 0 Å². The number of rotatable bonds is 4. The number of hydrogen-bond acceptors (Lipinski definition) is 3. The number of aliphatic hydroxyl groups is 1. The maximum Gasteiger partial charge on any atom is 0.236 e. The van der Waals surface area contributed by atoms with Crippen LogP contribution in [0.25, 0.3) is 0 Å². The van der Waals surface area contributed by atoms with E-state index in [1.54, 1.807) is 0 Å². The average Bonchev–Trinajstić information content (AvgIpc) is 2.74. The van der Waals surface area contributed by atoms with Gasteiger partial charge in [-0.1, -0.05) is 13.8 Å². The van der Waals surface area contributed by atoms with Crippen molar-refractivity contribution in [2.24, 2.45) is 11.8 Å². The van der Waals surface area contributed by atoms with E-state index in [0.29, 0.717) is 24.4 Å². The first-order valence-electron chi connectivity index (χ1n) is 8.15. The van der Waals surface area contributed by atoms with Crippen LogP contribution in [0.15, 0.2) is 0 Å². The minimum absolute atomic E-state index is 0.272. The molecule has 1 amide bonds. The summed E-state index contributed by atoms with van der Waals surface area (Å²) in [4.78, 5) is 16.8. The van der Waals surface area contributed by atoms with Crippen LogP contribution in [-0.2, 0) is 4.79 Å². The van der Waals surface area contributed by atoms with Crippen molar-refractivity contribution in [1.29, 1.82) is 0 Å². The van der Waals surface area contributed by atoms with Crippen molar-refractivity contribution < 1.29 is 9.90 Å². The molecule has 2 aliphatic rings. The molecule has 4 heteroatoms. The fourth-order valence-corrected chi connectivity index (χ4v) is 3.90. The number of likely N-dealkylation sites (tertiary alicyclic amines) is 2. The summed E-state index contributed by atoms with van der Waals surface area (Å²) < 4.78 is 0. The summed E-state index contributed by atoms with van der Waals surface area (Å²) in [7, 11) is 0. The van der Waals surface area contributed by atoms with Crippen molar-refractivity contribution in [1.82, 2.24) is 9.80 Å². The second kappa shape index (κ2) is 6.90. The predicted octanol–water partition coefficient (Wildman–Crippen LogP) is 1.73. The SMILES string of the molecule is CC(O)CC1CCCN1CC(=O)N1CC(C)CC(C)C1. The number of carbonyl (C=O) groups is 1. The lowest BCUT2D eigenvalue weighted by molar-refractivity contribution is -0.135. The van der Waals surface area contributed by atoms with Gasteiger partial charge >= 0.3 is 0 Å². The fourth-order valence-electron chi connectivity index (χ4n) is 3.90. The molecule has 0 aromatic carbocycles. The topological polar surface area (TPSA) is 43.8 Å². The van der Waals surface area contributed by atoms with Gasteiger partial charge in [-0.25, -0.2) is 0 Å². The Bertz CT molecular complexity index is 322. The molecule has 0 saturated carbocycles. The lowest BCUT2D eigenvalue weighted by atomic mass is 9.92. The minimum Gasteiger partial charge on any atom is -0.393 e. The summed E-state index contributed by atoms with van der Waals surface area (Å²) in [6, 6.07) is 0.388. The van der Waals surface area contributed by atoms with Crippen molar-refractivity contribution in [3.8, 4) is 0 Å². The molecule has 4 atom stereocenters. The lowest BCUT2D eigenvalue weighted by Gasteiger charge is -2.36. The van der Waals surface area contributed by atoms with Gasteiger partial charge in [0.25, 0.3) is 0 Å². The van der Waals surface area contributed by atoms with Gasteiger partial charge in [-0.05, 0) is 51.0 Å². The third-order valence-electron chi connectivity index (χ3n) is 4.67. The molecule has 20 heavy (non-hydrogen) atoms. The zero-order valence-corrected chi connectivity index (χ0v) is 13.2. The number of nitrogens with zero attached hydrogens (tertiary/aromatic N) is 2. The molecule has 2 heterocycles. The van der Waals surface area contributed by atoms with Gasteiger partial charge in [0.2, 0.25) is 5.91 Å². The van der Waals surface area contributed by atoms with Gasteiger partial charge in [0.1, 0.15) is 0 Å². The second-order valence-corrected chi connectivity index (χ2v) is 7.10. The molecule has 116 valence electrons. The zero-order valence-electron chi connectivity index (χ0n) is 13.2. The van der Waals surface area contributed by atoms with E-state index in [4.69, 9.17) is 0 Å². The number of carbonyl (C=O) groups excluding carboxylic acids is 1. The number of hydrogen-bond donors (Lipinski definition) is 1. The van der Waals surface area contributed by atoms with E-state index in [1.165, 1.54) is 6.42 Å². The second-order valence-electron chi connectivity index (χ2n) is 7.10. The largest absolute Gasteiger partial charge is 0.393 e. The van der Waals surface area contributed by atoms with E-state index < -0.39 is 0 Å². The first-order chi connectivity index (χ1) is 9.45. The van der Waals surface area contributed by atoms with Crippen LogP contribution in [0.4, 0.5) is 0 Å². The molecule has 4 nitrogen and oxygen atoms in total. The highest BCUT2D eigenvalue weighted by Gasteiger charge is 2.31. The molecule has 0 aliphatic carbocycles. The third-order valence-corrected chi connectivity index (χ3v) is 4.67. The smallest absolute Gasteiger partial charge is 0.236 e. The van der Waals surface area contributed by atoms with Crippen LogP contribution in [0.2, 0.25) is 0 Å².